The van der Waals surface area contributed by atoms with Gasteiger partial charge in [0.05, 0.1) is 4.90 Å². The van der Waals surface area contributed by atoms with E-state index >= 15 is 0 Å². The average Bonchev–Trinajstić information content (AvgIpc) is 3.49. The Kier molecular flexibility index (Phi) is 5.53. The number of nitrogens with zero attached hydrogens (tertiary/aromatic N) is 3. The summed E-state index contributed by atoms with van der Waals surface area (Å²) >= 11 is 1.19. The van der Waals surface area contributed by atoms with Crippen molar-refractivity contribution in [1.82, 2.24) is 14.5 Å². The van der Waals surface area contributed by atoms with E-state index in [2.05, 4.69) is 15.5 Å². The van der Waals surface area contributed by atoms with Crippen LogP contribution in [0, 0.1) is 0 Å². The largest absolute Gasteiger partial charge is 0.454 e. The van der Waals surface area contributed by atoms with Crippen LogP contribution in [0.15, 0.2) is 53.4 Å². The van der Waals surface area contributed by atoms with Crippen LogP contribution < -0.4 is 14.8 Å². The summed E-state index contributed by atoms with van der Waals surface area (Å²) < 4.78 is 38.0. The molecule has 1 fully saturated rings. The van der Waals surface area contributed by atoms with E-state index in [9.17, 15) is 13.2 Å². The molecule has 1 N–H and O–H groups in total. The van der Waals surface area contributed by atoms with E-state index in [1.807, 2.05) is 0 Å². The van der Waals surface area contributed by atoms with Gasteiger partial charge in [0.1, 0.15) is 5.01 Å². The van der Waals surface area contributed by atoms with E-state index in [0.717, 1.165) is 12.8 Å². The number of nitrogens with one attached hydrogen (secondary N) is 1. The van der Waals surface area contributed by atoms with E-state index in [1.54, 1.807) is 48.5 Å². The van der Waals surface area contributed by atoms with Gasteiger partial charge in [-0.1, -0.05) is 29.5 Å². The van der Waals surface area contributed by atoms with Gasteiger partial charge < -0.3 is 14.8 Å². The third kappa shape index (κ3) is 4.06. The first-order valence-corrected chi connectivity index (χ1v) is 12.4. The quantitative estimate of drug-likeness (QED) is 0.607. The molecule has 1 amide bonds. The van der Waals surface area contributed by atoms with Crippen molar-refractivity contribution in [1.29, 1.82) is 0 Å². The minimum Gasteiger partial charge on any atom is -0.454 e. The number of fused-ring (bicyclic) bond motifs is 1. The number of carbonyl (C=O) groups excluding carboxylic acids is 1. The van der Waals surface area contributed by atoms with Crippen LogP contribution in [0.2, 0.25) is 0 Å². The predicted octanol–water partition coefficient (Wildman–Crippen LogP) is 3.09. The molecule has 1 saturated heterocycles. The number of aromatic nitrogens is 2. The molecule has 0 bridgehead atoms. The lowest BCUT2D eigenvalue weighted by atomic mass is 10.0. The smallest absolute Gasteiger partial charge is 0.286 e. The number of piperidine rings is 1. The van der Waals surface area contributed by atoms with Crippen LogP contribution in [0.4, 0.5) is 5.69 Å². The van der Waals surface area contributed by atoms with Gasteiger partial charge in [0.2, 0.25) is 21.8 Å². The molecule has 32 heavy (non-hydrogen) atoms. The first-order chi connectivity index (χ1) is 15.5. The zero-order valence-corrected chi connectivity index (χ0v) is 18.6. The lowest BCUT2D eigenvalue weighted by Crippen LogP contribution is -2.39. The molecule has 0 saturated carbocycles. The van der Waals surface area contributed by atoms with Gasteiger partial charge in [0, 0.05) is 30.8 Å². The third-order valence-corrected chi connectivity index (χ3v) is 8.34. The maximum atomic E-state index is 13.0. The monoisotopic (exact) mass is 472 g/mol. The van der Waals surface area contributed by atoms with Crippen molar-refractivity contribution in [2.45, 2.75) is 23.7 Å². The molecule has 1 atom stereocenters. The molecule has 2 aliphatic heterocycles. The fraction of sp³-hybridized carbons (Fsp3) is 0.286. The van der Waals surface area contributed by atoms with Crippen LogP contribution in [-0.4, -0.2) is 48.7 Å². The molecule has 2 aromatic carbocycles. The number of hydrogen-bond acceptors (Lipinski definition) is 8. The second-order valence-corrected chi connectivity index (χ2v) is 10.4. The standard InChI is InChI=1S/C21H20N4O5S2/c26-19(22-15-8-9-17-18(11-15)30-13-29-17)21-24-23-20(31-21)14-5-4-10-25(12-14)32(27,28)16-6-2-1-3-7-16/h1-3,6-9,11,14H,4-5,10,12-13H2,(H,22,26)/t14-/m1/s1. The minimum absolute atomic E-state index is 0.105. The molecule has 166 valence electrons. The van der Waals surface area contributed by atoms with Crippen molar-refractivity contribution < 1.29 is 22.7 Å². The van der Waals surface area contributed by atoms with Crippen LogP contribution in [0.25, 0.3) is 0 Å². The van der Waals surface area contributed by atoms with Gasteiger partial charge in [-0.15, -0.1) is 10.2 Å². The topological polar surface area (TPSA) is 111 Å². The Balaban J connectivity index is 1.28. The van der Waals surface area contributed by atoms with E-state index < -0.39 is 10.0 Å². The second-order valence-electron chi connectivity index (χ2n) is 7.48. The number of amides is 1. The molecular weight excluding hydrogens is 452 g/mol. The molecule has 0 aliphatic carbocycles. The highest BCUT2D eigenvalue weighted by atomic mass is 32.2. The summed E-state index contributed by atoms with van der Waals surface area (Å²) in [7, 11) is -3.57. The maximum Gasteiger partial charge on any atom is 0.286 e. The first kappa shape index (κ1) is 20.9. The Morgan fingerprint density at radius 2 is 1.91 bits per heavy atom. The Bertz CT molecular complexity index is 1250. The molecule has 5 rings (SSSR count). The lowest BCUT2D eigenvalue weighted by molar-refractivity contribution is 0.102. The maximum absolute atomic E-state index is 13.0. The number of anilines is 1. The van der Waals surface area contributed by atoms with Crippen LogP contribution in [-0.2, 0) is 10.0 Å². The van der Waals surface area contributed by atoms with Gasteiger partial charge in [-0.05, 0) is 37.1 Å². The van der Waals surface area contributed by atoms with Crippen LogP contribution in [0.3, 0.4) is 0 Å². The van der Waals surface area contributed by atoms with Crippen molar-refractivity contribution >= 4 is 33.0 Å². The van der Waals surface area contributed by atoms with Crippen molar-refractivity contribution in [2.24, 2.45) is 0 Å². The molecule has 1 aromatic heterocycles. The van der Waals surface area contributed by atoms with Crippen molar-refractivity contribution in [2.75, 3.05) is 25.2 Å². The van der Waals surface area contributed by atoms with Crippen LogP contribution in [0.1, 0.15) is 33.6 Å². The zero-order chi connectivity index (χ0) is 22.1. The van der Waals surface area contributed by atoms with Crippen molar-refractivity contribution in [3.05, 3.63) is 58.5 Å². The van der Waals surface area contributed by atoms with Gasteiger partial charge in [-0.3, -0.25) is 4.79 Å². The highest BCUT2D eigenvalue weighted by Gasteiger charge is 2.32. The van der Waals surface area contributed by atoms with Crippen LogP contribution in [0.5, 0.6) is 11.5 Å². The van der Waals surface area contributed by atoms with Gasteiger partial charge in [0.15, 0.2) is 11.5 Å². The molecule has 0 spiro atoms. The van der Waals surface area contributed by atoms with Gasteiger partial charge in [-0.2, -0.15) is 4.31 Å². The van der Waals surface area contributed by atoms with Crippen molar-refractivity contribution in [3.8, 4) is 11.5 Å². The number of rotatable bonds is 5. The Labute approximate surface area is 189 Å². The molecule has 11 heteroatoms. The molecule has 3 aromatic rings. The normalized spacial score (nSPS) is 18.4. The summed E-state index contributed by atoms with van der Waals surface area (Å²) in [6, 6.07) is 13.6. The second kappa shape index (κ2) is 8.49. The summed E-state index contributed by atoms with van der Waals surface area (Å²) in [5.74, 6) is 0.722. The highest BCUT2D eigenvalue weighted by molar-refractivity contribution is 7.89. The molecule has 9 nitrogen and oxygen atoms in total. The highest BCUT2D eigenvalue weighted by Crippen LogP contribution is 2.35. The van der Waals surface area contributed by atoms with E-state index in [0.29, 0.717) is 35.3 Å². The first-order valence-electron chi connectivity index (χ1n) is 10.1. The summed E-state index contributed by atoms with van der Waals surface area (Å²) in [4.78, 5) is 12.9. The molecular formula is C21H20N4O5S2. The van der Waals surface area contributed by atoms with E-state index in [4.69, 9.17) is 9.47 Å². The summed E-state index contributed by atoms with van der Waals surface area (Å²) in [6.07, 6.45) is 1.51. The van der Waals surface area contributed by atoms with Gasteiger partial charge in [0.25, 0.3) is 5.91 Å². The van der Waals surface area contributed by atoms with Gasteiger partial charge in [-0.25, -0.2) is 8.42 Å². The van der Waals surface area contributed by atoms with E-state index in [-0.39, 0.29) is 28.5 Å². The lowest BCUT2D eigenvalue weighted by Gasteiger charge is -2.30. The number of ether oxygens (including phenoxy) is 2. The van der Waals surface area contributed by atoms with E-state index in [1.165, 1.54) is 15.6 Å². The van der Waals surface area contributed by atoms with Crippen LogP contribution >= 0.6 is 11.3 Å². The summed E-state index contributed by atoms with van der Waals surface area (Å²) in [5, 5.41) is 11.9. The molecule has 0 radical (unpaired) electrons. The number of carbonyl (C=O) groups is 1. The fourth-order valence-electron chi connectivity index (χ4n) is 3.75. The average molecular weight is 473 g/mol. The summed E-state index contributed by atoms with van der Waals surface area (Å²) in [5.41, 5.74) is 0.564. The Hall–Kier alpha value is -3.02. The third-order valence-electron chi connectivity index (χ3n) is 5.38. The number of sulfonamides is 1. The van der Waals surface area contributed by atoms with Gasteiger partial charge >= 0.3 is 0 Å². The zero-order valence-electron chi connectivity index (χ0n) is 16.9. The predicted molar refractivity (Wildman–Crippen MR) is 118 cm³/mol. The number of benzene rings is 2. The minimum atomic E-state index is -3.57. The summed E-state index contributed by atoms with van der Waals surface area (Å²) in [6.45, 7) is 0.935. The SMILES string of the molecule is O=C(Nc1ccc2c(c1)OCO2)c1nnc([C@@H]2CCCN(S(=O)(=O)c3ccccc3)C2)s1. The molecule has 0 unspecified atom stereocenters. The molecule has 3 heterocycles. The fourth-order valence-corrected chi connectivity index (χ4v) is 6.16. The number of hydrogen-bond donors (Lipinski definition) is 1. The Morgan fingerprint density at radius 3 is 2.75 bits per heavy atom. The Morgan fingerprint density at radius 1 is 1.09 bits per heavy atom. The van der Waals surface area contributed by atoms with Crippen molar-refractivity contribution in [3.63, 3.8) is 0 Å². The molecule has 2 aliphatic rings.